The van der Waals surface area contributed by atoms with Gasteiger partial charge in [-0.3, -0.25) is 4.79 Å². The van der Waals surface area contributed by atoms with Gasteiger partial charge in [-0.25, -0.2) is 0 Å². The minimum atomic E-state index is -0.555. The Labute approximate surface area is 128 Å². The molecule has 4 nitrogen and oxygen atoms in total. The summed E-state index contributed by atoms with van der Waals surface area (Å²) < 4.78 is 5.19. The van der Waals surface area contributed by atoms with Crippen molar-refractivity contribution in [3.8, 4) is 0 Å². The van der Waals surface area contributed by atoms with Crippen LogP contribution in [0.4, 0.5) is 0 Å². The molecule has 0 radical (unpaired) electrons. The van der Waals surface area contributed by atoms with Crippen molar-refractivity contribution in [3.63, 3.8) is 0 Å². The van der Waals surface area contributed by atoms with Crippen LogP contribution in [-0.4, -0.2) is 17.6 Å². The molecule has 0 saturated heterocycles. The highest BCUT2D eigenvalue weighted by atomic mass is 35.5. The zero-order chi connectivity index (χ0) is 15.2. The molecule has 2 N–H and O–H groups in total. The third-order valence-corrected chi connectivity index (χ3v) is 3.24. The van der Waals surface area contributed by atoms with Crippen molar-refractivity contribution in [1.29, 1.82) is 0 Å². The van der Waals surface area contributed by atoms with Crippen molar-refractivity contribution >= 4 is 23.6 Å². The van der Waals surface area contributed by atoms with Crippen molar-refractivity contribution < 1.29 is 14.3 Å². The van der Waals surface area contributed by atoms with Gasteiger partial charge in [0, 0.05) is 10.6 Å². The molecule has 0 fully saturated rings. The lowest BCUT2D eigenvalue weighted by Crippen LogP contribution is -2.31. The third-order valence-electron chi connectivity index (χ3n) is 2.99. The van der Waals surface area contributed by atoms with Gasteiger partial charge in [-0.05, 0) is 42.8 Å². The topological polar surface area (TPSA) is 62.5 Å². The molecule has 1 atom stereocenters. The number of aliphatic hydroxyl groups excluding tert-OH is 1. The molecule has 0 aliphatic rings. The van der Waals surface area contributed by atoms with Crippen LogP contribution < -0.4 is 5.32 Å². The highest BCUT2D eigenvalue weighted by molar-refractivity contribution is 6.30. The van der Waals surface area contributed by atoms with Gasteiger partial charge in [0.25, 0.3) is 0 Å². The molecular weight excluding hydrogens is 290 g/mol. The molecule has 1 heterocycles. The average molecular weight is 306 g/mol. The van der Waals surface area contributed by atoms with Gasteiger partial charge in [0.1, 0.15) is 11.8 Å². The number of hydrogen-bond acceptors (Lipinski definition) is 3. The Morgan fingerprint density at radius 2 is 2.10 bits per heavy atom. The first-order valence-electron chi connectivity index (χ1n) is 6.49. The average Bonchev–Trinajstić information content (AvgIpc) is 3.01. The fourth-order valence-electron chi connectivity index (χ4n) is 1.84. The van der Waals surface area contributed by atoms with E-state index in [0.717, 1.165) is 5.56 Å². The number of aliphatic hydroxyl groups is 1. The van der Waals surface area contributed by atoms with E-state index in [4.69, 9.17) is 16.0 Å². The van der Waals surface area contributed by atoms with E-state index in [1.54, 1.807) is 37.3 Å². The Morgan fingerprint density at radius 3 is 2.67 bits per heavy atom. The number of amides is 1. The monoisotopic (exact) mass is 305 g/mol. The molecule has 0 bridgehead atoms. The number of halogens is 1. The van der Waals surface area contributed by atoms with Gasteiger partial charge < -0.3 is 14.8 Å². The van der Waals surface area contributed by atoms with Crippen LogP contribution in [0, 0.1) is 0 Å². The Bertz CT molecular complexity index is 617. The second-order valence-electron chi connectivity index (χ2n) is 4.60. The molecule has 2 aromatic rings. The highest BCUT2D eigenvalue weighted by Crippen LogP contribution is 2.15. The number of carbonyl (C=O) groups is 1. The minimum Gasteiger partial charge on any atom is -0.467 e. The summed E-state index contributed by atoms with van der Waals surface area (Å²) in [7, 11) is 0. The van der Waals surface area contributed by atoms with Gasteiger partial charge in [-0.2, -0.15) is 0 Å². The Kier molecular flexibility index (Phi) is 5.20. The lowest BCUT2D eigenvalue weighted by Gasteiger charge is -2.14. The van der Waals surface area contributed by atoms with Crippen LogP contribution in [0.1, 0.15) is 24.3 Å². The van der Waals surface area contributed by atoms with Crippen LogP contribution >= 0.6 is 11.6 Å². The Morgan fingerprint density at radius 1 is 1.38 bits per heavy atom. The van der Waals surface area contributed by atoms with Crippen LogP contribution in [0.25, 0.3) is 6.08 Å². The van der Waals surface area contributed by atoms with Gasteiger partial charge in [-0.1, -0.05) is 23.7 Å². The molecule has 0 saturated carbocycles. The van der Waals surface area contributed by atoms with Gasteiger partial charge in [-0.15, -0.1) is 0 Å². The summed E-state index contributed by atoms with van der Waals surface area (Å²) in [5.74, 6) is 0.255. The molecule has 0 aliphatic heterocycles. The van der Waals surface area contributed by atoms with E-state index in [2.05, 4.69) is 5.32 Å². The van der Waals surface area contributed by atoms with Crippen molar-refractivity contribution in [2.24, 2.45) is 0 Å². The number of nitrogens with one attached hydrogen (secondary N) is 1. The molecule has 0 spiro atoms. The lowest BCUT2D eigenvalue weighted by atomic mass is 10.1. The van der Waals surface area contributed by atoms with Gasteiger partial charge in [0.2, 0.25) is 5.91 Å². The second-order valence-corrected chi connectivity index (χ2v) is 5.04. The fraction of sp³-hybridized carbons (Fsp3) is 0.188. The van der Waals surface area contributed by atoms with E-state index >= 15 is 0 Å². The first-order chi connectivity index (χ1) is 10.1. The normalized spacial score (nSPS) is 13.0. The summed E-state index contributed by atoms with van der Waals surface area (Å²) in [6, 6.07) is 10.0. The summed E-state index contributed by atoms with van der Waals surface area (Å²) in [6.07, 6.45) is 3.25. The van der Waals surface area contributed by atoms with Gasteiger partial charge in [0.15, 0.2) is 0 Å². The molecule has 5 heteroatoms. The molecule has 1 unspecified atom stereocenters. The summed E-state index contributed by atoms with van der Waals surface area (Å²) in [4.78, 5) is 12.1. The van der Waals surface area contributed by atoms with E-state index in [1.807, 2.05) is 12.1 Å². The van der Waals surface area contributed by atoms with Crippen molar-refractivity contribution in [2.75, 3.05) is 6.61 Å². The fourth-order valence-corrected chi connectivity index (χ4v) is 1.97. The third kappa shape index (κ3) is 4.21. The Hall–Kier alpha value is -2.04. The number of hydrogen-bond donors (Lipinski definition) is 2. The number of benzene rings is 1. The second kappa shape index (κ2) is 7.11. The molecule has 1 aromatic carbocycles. The van der Waals surface area contributed by atoms with E-state index in [1.165, 1.54) is 6.26 Å². The zero-order valence-electron chi connectivity index (χ0n) is 11.5. The first-order valence-corrected chi connectivity index (χ1v) is 6.87. The SMILES string of the molecule is C/C(=C/c1ccc(Cl)cc1)C(=O)NC(CO)c1ccco1. The highest BCUT2D eigenvalue weighted by Gasteiger charge is 2.16. The summed E-state index contributed by atoms with van der Waals surface area (Å²) in [5, 5.41) is 12.7. The van der Waals surface area contributed by atoms with E-state index in [9.17, 15) is 9.90 Å². The lowest BCUT2D eigenvalue weighted by molar-refractivity contribution is -0.118. The van der Waals surface area contributed by atoms with Crippen molar-refractivity contribution in [1.82, 2.24) is 5.32 Å². The summed E-state index contributed by atoms with van der Waals surface area (Å²) in [6.45, 7) is 1.48. The summed E-state index contributed by atoms with van der Waals surface area (Å²) in [5.41, 5.74) is 1.41. The molecule has 110 valence electrons. The van der Waals surface area contributed by atoms with E-state index in [0.29, 0.717) is 16.4 Å². The van der Waals surface area contributed by atoms with Gasteiger partial charge >= 0.3 is 0 Å². The van der Waals surface area contributed by atoms with Crippen LogP contribution in [-0.2, 0) is 4.79 Å². The van der Waals surface area contributed by atoms with Crippen LogP contribution in [0.2, 0.25) is 5.02 Å². The van der Waals surface area contributed by atoms with E-state index in [-0.39, 0.29) is 12.5 Å². The molecule has 0 aliphatic carbocycles. The molecule has 1 amide bonds. The number of rotatable bonds is 5. The standard InChI is InChI=1S/C16H16ClNO3/c1-11(9-12-4-6-13(17)7-5-12)16(20)18-14(10-19)15-3-2-8-21-15/h2-9,14,19H,10H2,1H3,(H,18,20)/b11-9-. The van der Waals surface area contributed by atoms with Crippen LogP contribution in [0.5, 0.6) is 0 Å². The molecular formula is C16H16ClNO3. The first kappa shape index (κ1) is 15.4. The maximum absolute atomic E-state index is 12.1. The number of carbonyl (C=O) groups excluding carboxylic acids is 1. The molecule has 21 heavy (non-hydrogen) atoms. The predicted octanol–water partition coefficient (Wildman–Crippen LogP) is 3.19. The van der Waals surface area contributed by atoms with Crippen LogP contribution in [0.15, 0.2) is 52.7 Å². The molecule has 1 aromatic heterocycles. The summed E-state index contributed by atoms with van der Waals surface area (Å²) >= 11 is 5.82. The quantitative estimate of drug-likeness (QED) is 0.834. The maximum Gasteiger partial charge on any atom is 0.247 e. The zero-order valence-corrected chi connectivity index (χ0v) is 12.3. The predicted molar refractivity (Wildman–Crippen MR) is 81.8 cm³/mol. The smallest absolute Gasteiger partial charge is 0.247 e. The van der Waals surface area contributed by atoms with Crippen LogP contribution in [0.3, 0.4) is 0 Å². The van der Waals surface area contributed by atoms with Crippen molar-refractivity contribution in [2.45, 2.75) is 13.0 Å². The van der Waals surface area contributed by atoms with E-state index < -0.39 is 6.04 Å². The van der Waals surface area contributed by atoms with Crippen molar-refractivity contribution in [3.05, 3.63) is 64.6 Å². The number of furan rings is 1. The minimum absolute atomic E-state index is 0.229. The molecule has 2 rings (SSSR count). The van der Waals surface area contributed by atoms with Gasteiger partial charge in [0.05, 0.1) is 12.9 Å². The Balaban J connectivity index is 2.06. The largest absolute Gasteiger partial charge is 0.467 e. The maximum atomic E-state index is 12.1.